The van der Waals surface area contributed by atoms with E-state index in [2.05, 4.69) is 68.8 Å². The summed E-state index contributed by atoms with van der Waals surface area (Å²) in [6.45, 7) is 14.3. The van der Waals surface area contributed by atoms with Gasteiger partial charge in [0.1, 0.15) is 18.0 Å². The van der Waals surface area contributed by atoms with Gasteiger partial charge in [0, 0.05) is 25.2 Å². The Balaban J connectivity index is 3.11. The van der Waals surface area contributed by atoms with Crippen molar-refractivity contribution in [2.45, 2.75) is 60.4 Å². The predicted octanol–water partition coefficient (Wildman–Crippen LogP) is 3.73. The minimum Gasteiger partial charge on any atom is -0.370 e. The lowest BCUT2D eigenvalue weighted by Gasteiger charge is -2.37. The molecule has 1 heterocycles. The number of nitrogens with one attached hydrogen (secondary N) is 1. The van der Waals surface area contributed by atoms with Crippen molar-refractivity contribution >= 4 is 11.6 Å². The highest BCUT2D eigenvalue weighted by Gasteiger charge is 2.26. The van der Waals surface area contributed by atoms with Crippen LogP contribution in [0.15, 0.2) is 6.33 Å². The summed E-state index contributed by atoms with van der Waals surface area (Å²) in [5, 5.41) is 3.41. The number of nitrogens with zero attached hydrogens (tertiary/aromatic N) is 3. The zero-order valence-corrected chi connectivity index (χ0v) is 14.1. The number of anilines is 2. The zero-order chi connectivity index (χ0) is 15.3. The van der Waals surface area contributed by atoms with Gasteiger partial charge in [-0.15, -0.1) is 0 Å². The Kier molecular flexibility index (Phi) is 5.78. The minimum atomic E-state index is 0.210. The molecule has 4 nitrogen and oxygen atoms in total. The van der Waals surface area contributed by atoms with Crippen LogP contribution in [0.25, 0.3) is 0 Å². The van der Waals surface area contributed by atoms with E-state index in [4.69, 9.17) is 0 Å². The Morgan fingerprint density at radius 1 is 1.25 bits per heavy atom. The molecule has 114 valence electrons. The van der Waals surface area contributed by atoms with Crippen LogP contribution in [0.3, 0.4) is 0 Å². The number of rotatable bonds is 6. The van der Waals surface area contributed by atoms with E-state index in [1.54, 1.807) is 6.33 Å². The molecule has 0 saturated carbocycles. The molecule has 4 heteroatoms. The first kappa shape index (κ1) is 16.7. The summed E-state index contributed by atoms with van der Waals surface area (Å²) in [5.41, 5.74) is 1.42. The fourth-order valence-electron chi connectivity index (χ4n) is 2.19. The number of hydrogen-bond donors (Lipinski definition) is 1. The van der Waals surface area contributed by atoms with E-state index in [-0.39, 0.29) is 5.41 Å². The van der Waals surface area contributed by atoms with E-state index in [0.29, 0.717) is 6.04 Å². The molecule has 1 rings (SSSR count). The van der Waals surface area contributed by atoms with Gasteiger partial charge in [0.25, 0.3) is 0 Å². The standard InChI is InChI=1S/C16H30N4/c1-8-10-17-14-13(9-2)15(19-11-18-14)20(7)12(3)16(4,5)6/h11-12H,8-10H2,1-7H3,(H,17,18,19). The molecular weight excluding hydrogens is 248 g/mol. The van der Waals surface area contributed by atoms with Crippen LogP contribution in [0.2, 0.25) is 0 Å². The Labute approximate surface area is 124 Å². The van der Waals surface area contributed by atoms with Crippen LogP contribution < -0.4 is 10.2 Å². The maximum absolute atomic E-state index is 4.53. The molecule has 1 aromatic heterocycles. The van der Waals surface area contributed by atoms with Crippen LogP contribution >= 0.6 is 0 Å². The summed E-state index contributed by atoms with van der Waals surface area (Å²) >= 11 is 0. The van der Waals surface area contributed by atoms with Crippen molar-refractivity contribution in [3.63, 3.8) is 0 Å². The average molecular weight is 278 g/mol. The molecule has 1 unspecified atom stereocenters. The van der Waals surface area contributed by atoms with E-state index < -0.39 is 0 Å². The molecule has 0 radical (unpaired) electrons. The first-order valence-corrected chi connectivity index (χ1v) is 7.63. The van der Waals surface area contributed by atoms with Crippen molar-refractivity contribution in [1.29, 1.82) is 0 Å². The van der Waals surface area contributed by atoms with Gasteiger partial charge in [-0.2, -0.15) is 0 Å². The molecule has 1 atom stereocenters. The van der Waals surface area contributed by atoms with Crippen molar-refractivity contribution in [3.05, 3.63) is 11.9 Å². The van der Waals surface area contributed by atoms with Crippen molar-refractivity contribution in [3.8, 4) is 0 Å². The summed E-state index contributed by atoms with van der Waals surface area (Å²) in [5.74, 6) is 2.02. The third-order valence-electron chi connectivity index (χ3n) is 3.99. The zero-order valence-electron chi connectivity index (χ0n) is 14.1. The molecule has 0 fully saturated rings. The lowest BCUT2D eigenvalue weighted by Crippen LogP contribution is -2.40. The highest BCUT2D eigenvalue weighted by molar-refractivity contribution is 5.59. The Bertz CT molecular complexity index is 423. The van der Waals surface area contributed by atoms with Gasteiger partial charge >= 0.3 is 0 Å². The predicted molar refractivity (Wildman–Crippen MR) is 87.5 cm³/mol. The van der Waals surface area contributed by atoms with E-state index in [1.165, 1.54) is 5.56 Å². The van der Waals surface area contributed by atoms with Crippen LogP contribution in [0, 0.1) is 5.41 Å². The van der Waals surface area contributed by atoms with Gasteiger partial charge in [-0.3, -0.25) is 0 Å². The maximum Gasteiger partial charge on any atom is 0.137 e. The SMILES string of the molecule is CCCNc1ncnc(N(C)C(C)C(C)(C)C)c1CC. The third kappa shape index (κ3) is 3.84. The summed E-state index contributed by atoms with van der Waals surface area (Å²) < 4.78 is 0. The smallest absolute Gasteiger partial charge is 0.137 e. The van der Waals surface area contributed by atoms with Crippen LogP contribution in [0.5, 0.6) is 0 Å². The molecule has 0 saturated heterocycles. The fourth-order valence-corrected chi connectivity index (χ4v) is 2.19. The summed E-state index contributed by atoms with van der Waals surface area (Å²) in [4.78, 5) is 11.2. The highest BCUT2D eigenvalue weighted by Crippen LogP contribution is 2.30. The van der Waals surface area contributed by atoms with Gasteiger partial charge in [0.2, 0.25) is 0 Å². The Morgan fingerprint density at radius 2 is 1.90 bits per heavy atom. The first-order valence-electron chi connectivity index (χ1n) is 7.63. The molecule has 1 aromatic rings. The van der Waals surface area contributed by atoms with Crippen molar-refractivity contribution in [1.82, 2.24) is 9.97 Å². The van der Waals surface area contributed by atoms with E-state index in [9.17, 15) is 0 Å². The third-order valence-corrected chi connectivity index (χ3v) is 3.99. The van der Waals surface area contributed by atoms with Crippen LogP contribution in [0.1, 0.15) is 53.5 Å². The van der Waals surface area contributed by atoms with Gasteiger partial charge < -0.3 is 10.2 Å². The molecule has 0 amide bonds. The van der Waals surface area contributed by atoms with Crippen LogP contribution in [-0.4, -0.2) is 29.6 Å². The lowest BCUT2D eigenvalue weighted by atomic mass is 9.87. The van der Waals surface area contributed by atoms with E-state index >= 15 is 0 Å². The second-order valence-corrected chi connectivity index (χ2v) is 6.46. The van der Waals surface area contributed by atoms with E-state index in [1.807, 2.05) is 0 Å². The largest absolute Gasteiger partial charge is 0.370 e. The van der Waals surface area contributed by atoms with Gasteiger partial charge in [-0.1, -0.05) is 34.6 Å². The summed E-state index contributed by atoms with van der Waals surface area (Å²) in [7, 11) is 2.13. The van der Waals surface area contributed by atoms with Crippen LogP contribution in [-0.2, 0) is 6.42 Å². The molecule has 0 bridgehead atoms. The normalized spacial score (nSPS) is 13.2. The molecule has 20 heavy (non-hydrogen) atoms. The maximum atomic E-state index is 4.53. The summed E-state index contributed by atoms with van der Waals surface area (Å²) in [6, 6.07) is 0.404. The highest BCUT2D eigenvalue weighted by atomic mass is 15.2. The molecule has 0 aromatic carbocycles. The molecular formula is C16H30N4. The van der Waals surface area contributed by atoms with Crippen molar-refractivity contribution in [2.75, 3.05) is 23.8 Å². The molecule has 0 aliphatic heterocycles. The van der Waals surface area contributed by atoms with Gasteiger partial charge in [-0.25, -0.2) is 9.97 Å². The molecule has 0 aliphatic carbocycles. The second-order valence-electron chi connectivity index (χ2n) is 6.46. The van der Waals surface area contributed by atoms with E-state index in [0.717, 1.165) is 31.0 Å². The molecule has 1 N–H and O–H groups in total. The minimum absolute atomic E-state index is 0.210. The number of hydrogen-bond acceptors (Lipinski definition) is 4. The van der Waals surface area contributed by atoms with Gasteiger partial charge in [0.05, 0.1) is 0 Å². The van der Waals surface area contributed by atoms with Crippen LogP contribution in [0.4, 0.5) is 11.6 Å². The monoisotopic (exact) mass is 278 g/mol. The Hall–Kier alpha value is -1.32. The quantitative estimate of drug-likeness (QED) is 0.861. The topological polar surface area (TPSA) is 41.1 Å². The second kappa shape index (κ2) is 6.91. The first-order chi connectivity index (χ1) is 9.32. The average Bonchev–Trinajstić information content (AvgIpc) is 2.41. The van der Waals surface area contributed by atoms with Gasteiger partial charge in [-0.05, 0) is 25.2 Å². The molecule has 0 spiro atoms. The Morgan fingerprint density at radius 3 is 2.40 bits per heavy atom. The molecule has 0 aliphatic rings. The van der Waals surface area contributed by atoms with Gasteiger partial charge in [0.15, 0.2) is 0 Å². The van der Waals surface area contributed by atoms with Crippen molar-refractivity contribution < 1.29 is 0 Å². The van der Waals surface area contributed by atoms with Crippen molar-refractivity contribution in [2.24, 2.45) is 5.41 Å². The fraction of sp³-hybridized carbons (Fsp3) is 0.750. The lowest BCUT2D eigenvalue weighted by molar-refractivity contribution is 0.328. The summed E-state index contributed by atoms with van der Waals surface area (Å²) in [6.07, 6.45) is 3.69. The number of aromatic nitrogens is 2.